The molecule has 2 aromatic rings. The fourth-order valence-corrected chi connectivity index (χ4v) is 5.03. The number of anilines is 1. The van der Waals surface area contributed by atoms with Crippen molar-refractivity contribution in [1.82, 2.24) is 29.3 Å². The summed E-state index contributed by atoms with van der Waals surface area (Å²) in [5.74, 6) is 1.20. The molecule has 1 aliphatic carbocycles. The maximum Gasteiger partial charge on any atom is 0.135 e. The highest BCUT2D eigenvalue weighted by molar-refractivity contribution is 5.49. The Labute approximate surface area is 173 Å². The molecule has 5 rings (SSSR count). The van der Waals surface area contributed by atoms with E-state index in [1.165, 1.54) is 55.1 Å². The Balaban J connectivity index is 1.26. The van der Waals surface area contributed by atoms with Gasteiger partial charge in [0.15, 0.2) is 0 Å². The first-order valence-electron chi connectivity index (χ1n) is 11.3. The average molecular weight is 396 g/mol. The van der Waals surface area contributed by atoms with Crippen LogP contribution in [0.1, 0.15) is 43.1 Å². The third kappa shape index (κ3) is 3.90. The van der Waals surface area contributed by atoms with Gasteiger partial charge in [0.25, 0.3) is 0 Å². The summed E-state index contributed by atoms with van der Waals surface area (Å²) in [6.07, 6.45) is 12.0. The predicted octanol–water partition coefficient (Wildman–Crippen LogP) is 1.97. The van der Waals surface area contributed by atoms with Crippen LogP contribution in [0.2, 0.25) is 0 Å². The highest BCUT2D eigenvalue weighted by Crippen LogP contribution is 2.28. The molecule has 0 amide bonds. The fraction of sp³-hybridized carbons (Fsp3) is 0.682. The second-order valence-corrected chi connectivity index (χ2v) is 8.68. The molecule has 1 saturated carbocycles. The number of fused-ring (bicyclic) bond motifs is 1. The van der Waals surface area contributed by atoms with Gasteiger partial charge < -0.3 is 9.47 Å². The van der Waals surface area contributed by atoms with Gasteiger partial charge >= 0.3 is 0 Å². The van der Waals surface area contributed by atoms with Crippen LogP contribution in [0.15, 0.2) is 18.9 Å². The van der Waals surface area contributed by atoms with Crippen LogP contribution in [-0.2, 0) is 25.9 Å². The van der Waals surface area contributed by atoms with Crippen LogP contribution < -0.4 is 4.90 Å². The largest absolute Gasteiger partial charge is 0.354 e. The van der Waals surface area contributed by atoms with Crippen molar-refractivity contribution in [2.45, 2.75) is 58.2 Å². The highest BCUT2D eigenvalue weighted by atomic mass is 15.3. The van der Waals surface area contributed by atoms with Gasteiger partial charge in [0, 0.05) is 76.6 Å². The standard InChI is InChI=1S/C22H33N7/c1-2-27-17-23-14-19(27)15-26-8-6-20-21(7-9-26)24-16-25-22(20)29-12-10-28(11-13-29)18-4-3-5-18/h14,16-18H,2-13,15H2,1H3. The highest BCUT2D eigenvalue weighted by Gasteiger charge is 2.29. The van der Waals surface area contributed by atoms with Gasteiger partial charge in [0.05, 0.1) is 17.7 Å². The average Bonchev–Trinajstić information content (AvgIpc) is 3.06. The summed E-state index contributed by atoms with van der Waals surface area (Å²) >= 11 is 0. The van der Waals surface area contributed by atoms with Crippen molar-refractivity contribution in [3.8, 4) is 0 Å². The molecule has 29 heavy (non-hydrogen) atoms. The summed E-state index contributed by atoms with van der Waals surface area (Å²) in [7, 11) is 0. The van der Waals surface area contributed by atoms with Crippen molar-refractivity contribution < 1.29 is 0 Å². The third-order valence-corrected chi connectivity index (χ3v) is 7.08. The van der Waals surface area contributed by atoms with E-state index in [2.05, 4.69) is 36.2 Å². The lowest BCUT2D eigenvalue weighted by atomic mass is 9.91. The molecular weight excluding hydrogens is 362 g/mol. The van der Waals surface area contributed by atoms with Crippen molar-refractivity contribution in [2.75, 3.05) is 44.2 Å². The van der Waals surface area contributed by atoms with E-state index in [0.29, 0.717) is 0 Å². The first-order valence-corrected chi connectivity index (χ1v) is 11.3. The monoisotopic (exact) mass is 395 g/mol. The van der Waals surface area contributed by atoms with Crippen LogP contribution in [-0.4, -0.2) is 74.6 Å². The summed E-state index contributed by atoms with van der Waals surface area (Å²) in [4.78, 5) is 21.5. The van der Waals surface area contributed by atoms with E-state index in [9.17, 15) is 0 Å². The molecule has 0 aromatic carbocycles. The molecule has 0 spiro atoms. The van der Waals surface area contributed by atoms with Crippen LogP contribution in [0.4, 0.5) is 5.82 Å². The normalized spacial score (nSPS) is 21.6. The van der Waals surface area contributed by atoms with Gasteiger partial charge in [-0.1, -0.05) is 6.42 Å². The number of imidazole rings is 1. The van der Waals surface area contributed by atoms with Gasteiger partial charge in [-0.15, -0.1) is 0 Å². The van der Waals surface area contributed by atoms with Crippen molar-refractivity contribution in [3.63, 3.8) is 0 Å². The van der Waals surface area contributed by atoms with Crippen LogP contribution in [0, 0.1) is 0 Å². The zero-order valence-electron chi connectivity index (χ0n) is 17.6. The second-order valence-electron chi connectivity index (χ2n) is 8.68. The smallest absolute Gasteiger partial charge is 0.135 e. The Hall–Kier alpha value is -1.99. The zero-order valence-corrected chi connectivity index (χ0v) is 17.6. The van der Waals surface area contributed by atoms with Crippen molar-refractivity contribution in [1.29, 1.82) is 0 Å². The molecule has 3 aliphatic rings. The van der Waals surface area contributed by atoms with E-state index in [4.69, 9.17) is 4.98 Å². The minimum Gasteiger partial charge on any atom is -0.354 e. The Morgan fingerprint density at radius 1 is 1.00 bits per heavy atom. The Kier molecular flexibility index (Phi) is 5.50. The lowest BCUT2D eigenvalue weighted by Gasteiger charge is -2.43. The van der Waals surface area contributed by atoms with Crippen LogP contribution in [0.5, 0.6) is 0 Å². The minimum atomic E-state index is 0.852. The Bertz CT molecular complexity index is 820. The number of nitrogens with zero attached hydrogens (tertiary/aromatic N) is 7. The van der Waals surface area contributed by atoms with Crippen molar-refractivity contribution in [3.05, 3.63) is 35.8 Å². The van der Waals surface area contributed by atoms with E-state index in [1.54, 1.807) is 6.33 Å². The number of aryl methyl sites for hydroxylation is 1. The maximum absolute atomic E-state index is 4.75. The summed E-state index contributed by atoms with van der Waals surface area (Å²) in [5.41, 5.74) is 3.94. The van der Waals surface area contributed by atoms with E-state index < -0.39 is 0 Å². The molecule has 7 heteroatoms. The summed E-state index contributed by atoms with van der Waals surface area (Å²) < 4.78 is 2.24. The molecule has 0 bridgehead atoms. The van der Waals surface area contributed by atoms with Gasteiger partial charge in [-0.3, -0.25) is 9.80 Å². The molecule has 0 unspecified atom stereocenters. The van der Waals surface area contributed by atoms with Crippen LogP contribution in [0.25, 0.3) is 0 Å². The first kappa shape index (κ1) is 19.0. The molecular formula is C22H33N7. The number of rotatable bonds is 5. The van der Waals surface area contributed by atoms with Gasteiger partial charge in [-0.2, -0.15) is 0 Å². The fourth-order valence-electron chi connectivity index (χ4n) is 5.03. The Morgan fingerprint density at radius 2 is 1.83 bits per heavy atom. The van der Waals surface area contributed by atoms with Crippen molar-refractivity contribution in [2.24, 2.45) is 0 Å². The minimum absolute atomic E-state index is 0.852. The summed E-state index contributed by atoms with van der Waals surface area (Å²) in [6, 6.07) is 0.852. The molecule has 2 aromatic heterocycles. The maximum atomic E-state index is 4.75. The molecule has 0 atom stereocenters. The summed E-state index contributed by atoms with van der Waals surface area (Å²) in [5, 5.41) is 0. The lowest BCUT2D eigenvalue weighted by Crippen LogP contribution is -2.52. The molecule has 4 heterocycles. The molecule has 156 valence electrons. The summed E-state index contributed by atoms with van der Waals surface area (Å²) in [6.45, 7) is 10.8. The lowest BCUT2D eigenvalue weighted by molar-refractivity contribution is 0.120. The SMILES string of the molecule is CCn1cncc1CN1CCc2ncnc(N3CCN(C4CCC4)CC3)c2CC1. The third-order valence-electron chi connectivity index (χ3n) is 7.08. The number of aromatic nitrogens is 4. The van der Waals surface area contributed by atoms with Gasteiger partial charge in [0.2, 0.25) is 0 Å². The molecule has 7 nitrogen and oxygen atoms in total. The first-order chi connectivity index (χ1) is 14.3. The number of hydrogen-bond donors (Lipinski definition) is 0. The molecule has 2 fully saturated rings. The predicted molar refractivity (Wildman–Crippen MR) is 114 cm³/mol. The van der Waals surface area contributed by atoms with Gasteiger partial charge in [-0.25, -0.2) is 15.0 Å². The Morgan fingerprint density at radius 3 is 2.59 bits per heavy atom. The second kappa shape index (κ2) is 8.40. The number of piperazine rings is 1. The molecule has 2 aliphatic heterocycles. The zero-order chi connectivity index (χ0) is 19.6. The van der Waals surface area contributed by atoms with Gasteiger partial charge in [-0.05, 0) is 26.2 Å². The van der Waals surface area contributed by atoms with Crippen molar-refractivity contribution >= 4 is 5.82 Å². The van der Waals surface area contributed by atoms with E-state index in [0.717, 1.165) is 58.2 Å². The number of hydrogen-bond acceptors (Lipinski definition) is 6. The topological polar surface area (TPSA) is 53.3 Å². The van der Waals surface area contributed by atoms with Crippen LogP contribution in [0.3, 0.4) is 0 Å². The van der Waals surface area contributed by atoms with E-state index >= 15 is 0 Å². The quantitative estimate of drug-likeness (QED) is 0.772. The van der Waals surface area contributed by atoms with E-state index in [1.807, 2.05) is 12.5 Å². The molecule has 0 N–H and O–H groups in total. The van der Waals surface area contributed by atoms with E-state index in [-0.39, 0.29) is 0 Å². The molecule has 0 radical (unpaired) electrons. The van der Waals surface area contributed by atoms with Crippen LogP contribution >= 0.6 is 0 Å². The molecule has 1 saturated heterocycles. The van der Waals surface area contributed by atoms with Gasteiger partial charge in [0.1, 0.15) is 12.1 Å².